The Kier molecular flexibility index (Phi) is 37.7. The monoisotopic (exact) mass is 1880 g/mol. The number of nitrogens with one attached hydrogen (secondary N) is 2. The summed E-state index contributed by atoms with van der Waals surface area (Å²) in [4.78, 5) is 25.4. The van der Waals surface area contributed by atoms with Gasteiger partial charge in [0.05, 0.1) is 72.7 Å². The Morgan fingerprint density at radius 1 is 0.203 bits per heavy atom. The van der Waals surface area contributed by atoms with Gasteiger partial charge in [-0.3, -0.25) is 9.59 Å². The number of aliphatic hydroxyl groups is 33. The predicted molar refractivity (Wildman–Crippen MR) is 386 cm³/mol. The van der Waals surface area contributed by atoms with Gasteiger partial charge in [-0.2, -0.15) is 0 Å². The first kappa shape index (κ1) is 105. The number of ether oxygens (including phenoxy) is 21. The lowest BCUT2D eigenvalue weighted by atomic mass is 9.94. The highest BCUT2D eigenvalue weighted by atomic mass is 16.8. The summed E-state index contributed by atoms with van der Waals surface area (Å²) < 4.78 is 123. The fourth-order valence-electron chi connectivity index (χ4n) is 16.4. The molecule has 58 nitrogen and oxygen atoms in total. The molecule has 0 aromatic carbocycles. The van der Waals surface area contributed by atoms with Crippen LogP contribution in [0.15, 0.2) is 0 Å². The molecule has 11 fully saturated rings. The summed E-state index contributed by atoms with van der Waals surface area (Å²) in [5.41, 5.74) is 0. The van der Waals surface area contributed by atoms with E-state index in [9.17, 15) is 178 Å². The molecule has 55 atom stereocenters. The standard InChI is InChI=1S/C70H118N2O56/c1-14(81)71-27-38(92)53(22(9-79)111-60(27)107)122-61-28(72-15(2)82)39(93)54(23(10-80)118-61)123-67-52(106)56(125-70-59(46(100)35(89)24(121-70)11-108-62-47(101)40(94)29(83)16(3-73)112-62)128-69-58(45(99)34(88)21(8-78)117-69)127-66-50(104)43(97)32(86)19(6-76)115-66)37(91)26(120-67)12-109-63-51(105)55(124-64-48(102)41(95)30(84)17(4-74)113-64)36(90)25(119-63)13-110-68-57(44(98)33(87)20(7-77)116-68)126-65-49(103)42(96)31(85)18(5-75)114-65/h16-70,73-80,83-107H,3-13H2,1-2H3,(H,71,81)(H,72,82)/t16-,17-,18-,19-,20-,21-,22-,23-,24-,25-,26-,27-,28-,29-,30-,31-,32-,33-,34-,35-,36-,37-,38-,39-,40+,41+,42+,43+,44+,45+,46+,47+,48+,49+,50-,51+,52+,53-,54-,55+,56+,57+,58+,59+,60-,61+,62+,63+,64-,65-,66-,67+,68+,69-,70-/m1/s1. The molecule has 0 aliphatic carbocycles. The van der Waals surface area contributed by atoms with E-state index in [4.69, 9.17) is 99.5 Å². The van der Waals surface area contributed by atoms with Crippen molar-refractivity contribution in [2.75, 3.05) is 72.7 Å². The number of hydrogen-bond acceptors (Lipinski definition) is 56. The second kappa shape index (κ2) is 45.8. The van der Waals surface area contributed by atoms with Crippen molar-refractivity contribution < 1.29 is 278 Å². The van der Waals surface area contributed by atoms with E-state index in [2.05, 4.69) is 10.6 Å². The Bertz CT molecular complexity index is 3380. The van der Waals surface area contributed by atoms with Crippen molar-refractivity contribution in [3.8, 4) is 0 Å². The third-order valence-corrected chi connectivity index (χ3v) is 23.7. The first-order valence-corrected chi connectivity index (χ1v) is 40.7. The van der Waals surface area contributed by atoms with Crippen LogP contribution in [0, 0.1) is 0 Å². The van der Waals surface area contributed by atoms with Gasteiger partial charge in [-0.15, -0.1) is 0 Å². The average Bonchev–Trinajstić information content (AvgIpc) is 0.766. The summed E-state index contributed by atoms with van der Waals surface area (Å²) in [5, 5.41) is 372. The quantitative estimate of drug-likeness (QED) is 0.0290. The number of amides is 2. The first-order chi connectivity index (χ1) is 60.6. The zero-order valence-electron chi connectivity index (χ0n) is 67.7. The van der Waals surface area contributed by atoms with Crippen molar-refractivity contribution >= 4 is 11.8 Å². The van der Waals surface area contributed by atoms with Crippen LogP contribution in [0.25, 0.3) is 0 Å². The number of rotatable bonds is 33. The van der Waals surface area contributed by atoms with Gasteiger partial charge in [0.15, 0.2) is 69.2 Å². The van der Waals surface area contributed by atoms with Gasteiger partial charge in [-0.05, 0) is 0 Å². The van der Waals surface area contributed by atoms with Crippen LogP contribution in [-0.4, -0.2) is 591 Å². The summed E-state index contributed by atoms with van der Waals surface area (Å²) in [6.45, 7) is -10.7. The molecule has 58 heteroatoms. The molecule has 0 aromatic rings. The van der Waals surface area contributed by atoms with Gasteiger partial charge in [0, 0.05) is 13.8 Å². The van der Waals surface area contributed by atoms with Crippen LogP contribution in [0.2, 0.25) is 0 Å². The third kappa shape index (κ3) is 22.6. The Balaban J connectivity index is 0.967. The molecule has 2 amide bonds. The van der Waals surface area contributed by atoms with Crippen LogP contribution in [-0.2, 0) is 109 Å². The fraction of sp³-hybridized carbons (Fsp3) is 0.971. The van der Waals surface area contributed by atoms with Crippen molar-refractivity contribution in [3.63, 3.8) is 0 Å². The fourth-order valence-corrected chi connectivity index (χ4v) is 16.4. The topological polar surface area (TPSA) is 920 Å². The van der Waals surface area contributed by atoms with Gasteiger partial charge in [0.2, 0.25) is 11.8 Å². The van der Waals surface area contributed by atoms with Crippen molar-refractivity contribution in [3.05, 3.63) is 0 Å². The predicted octanol–water partition coefficient (Wildman–Crippen LogP) is -24.7. The Morgan fingerprint density at radius 2 is 0.430 bits per heavy atom. The average molecular weight is 1880 g/mol. The van der Waals surface area contributed by atoms with Crippen molar-refractivity contribution in [1.29, 1.82) is 0 Å². The zero-order valence-corrected chi connectivity index (χ0v) is 67.7. The molecule has 0 spiro atoms. The zero-order chi connectivity index (χ0) is 94.0. The van der Waals surface area contributed by atoms with Crippen LogP contribution >= 0.6 is 0 Å². The second-order valence-corrected chi connectivity index (χ2v) is 32.4. The highest BCUT2D eigenvalue weighted by Crippen LogP contribution is 2.41. The molecule has 128 heavy (non-hydrogen) atoms. The molecule has 0 bridgehead atoms. The number of aliphatic hydroxyl groups excluding tert-OH is 33. The molecular formula is C70H118N2O56. The minimum Gasteiger partial charge on any atom is -0.394 e. The van der Waals surface area contributed by atoms with Crippen LogP contribution in [0.4, 0.5) is 0 Å². The highest BCUT2D eigenvalue weighted by molar-refractivity contribution is 5.73. The summed E-state index contributed by atoms with van der Waals surface area (Å²) in [5.74, 6) is -1.84. The third-order valence-electron chi connectivity index (χ3n) is 23.7. The Morgan fingerprint density at radius 3 is 0.828 bits per heavy atom. The minimum absolute atomic E-state index is 0.829. The normalized spacial score (nSPS) is 51.7. The van der Waals surface area contributed by atoms with E-state index in [1.54, 1.807) is 0 Å². The van der Waals surface area contributed by atoms with Gasteiger partial charge < -0.3 is 279 Å². The van der Waals surface area contributed by atoms with E-state index in [0.717, 1.165) is 13.8 Å². The molecule has 0 radical (unpaired) electrons. The van der Waals surface area contributed by atoms with E-state index < -0.39 is 422 Å². The lowest BCUT2D eigenvalue weighted by Gasteiger charge is -2.51. The molecule has 11 aliphatic heterocycles. The van der Waals surface area contributed by atoms with Gasteiger partial charge in [0.1, 0.15) is 268 Å². The molecule has 11 rings (SSSR count). The molecular weight excluding hydrogens is 1760 g/mol. The van der Waals surface area contributed by atoms with E-state index in [-0.39, 0.29) is 0 Å². The molecule has 11 saturated heterocycles. The van der Waals surface area contributed by atoms with E-state index in [1.807, 2.05) is 0 Å². The number of hydrogen-bond donors (Lipinski definition) is 35. The highest BCUT2D eigenvalue weighted by Gasteiger charge is 2.62. The minimum atomic E-state index is -2.75. The second-order valence-electron chi connectivity index (χ2n) is 32.4. The first-order valence-electron chi connectivity index (χ1n) is 40.7. The Labute approximate surface area is 722 Å². The molecule has 11 heterocycles. The van der Waals surface area contributed by atoms with Crippen molar-refractivity contribution in [2.45, 2.75) is 351 Å². The maximum atomic E-state index is 13.2. The van der Waals surface area contributed by atoms with Crippen LogP contribution in [0.5, 0.6) is 0 Å². The van der Waals surface area contributed by atoms with Crippen LogP contribution in [0.1, 0.15) is 13.8 Å². The molecule has 0 saturated carbocycles. The van der Waals surface area contributed by atoms with Crippen LogP contribution in [0.3, 0.4) is 0 Å². The summed E-state index contributed by atoms with van der Waals surface area (Å²) in [6, 6.07) is -3.73. The van der Waals surface area contributed by atoms with E-state index in [1.165, 1.54) is 0 Å². The molecule has 35 N–H and O–H groups in total. The van der Waals surface area contributed by atoms with E-state index in [0.29, 0.717) is 0 Å². The van der Waals surface area contributed by atoms with Gasteiger partial charge in [-0.25, -0.2) is 0 Å². The number of carbonyl (C=O) groups excluding carboxylic acids is 2. The summed E-state index contributed by atoms with van der Waals surface area (Å²) >= 11 is 0. The van der Waals surface area contributed by atoms with Gasteiger partial charge in [0.25, 0.3) is 0 Å². The number of carbonyl (C=O) groups is 2. The van der Waals surface area contributed by atoms with Gasteiger partial charge in [-0.1, -0.05) is 0 Å². The smallest absolute Gasteiger partial charge is 0.217 e. The Hall–Kier alpha value is -3.22. The van der Waals surface area contributed by atoms with Crippen LogP contribution < -0.4 is 10.6 Å². The van der Waals surface area contributed by atoms with Gasteiger partial charge >= 0.3 is 0 Å². The van der Waals surface area contributed by atoms with Crippen molar-refractivity contribution in [1.82, 2.24) is 10.6 Å². The molecule has 0 unspecified atom stereocenters. The lowest BCUT2D eigenvalue weighted by Crippen LogP contribution is -2.70. The maximum Gasteiger partial charge on any atom is 0.217 e. The van der Waals surface area contributed by atoms with Crippen molar-refractivity contribution in [2.24, 2.45) is 0 Å². The summed E-state index contributed by atoms with van der Waals surface area (Å²) in [6.07, 6.45) is -117. The molecule has 11 aliphatic rings. The summed E-state index contributed by atoms with van der Waals surface area (Å²) in [7, 11) is 0. The maximum absolute atomic E-state index is 13.2. The lowest BCUT2D eigenvalue weighted by molar-refractivity contribution is -0.409. The molecule has 0 aromatic heterocycles. The SMILES string of the molecule is CC(=O)N[C@@H]1[C@@H](O)[C@H](O[C@@H]2O[C@H](CO)[C@@H](O[C@@H]3O[C@H](CO[C@H]4O[C@H](CO[C@H]5O[C@H](CO)[C@@H](O)[C@H](O)[C@@H]5O[C@H]5O[C@H](CO)[C@@H](O)[C@H](O)[C@@H]5O)[C@@H](O)[C@H](O[C@H]5O[C@H](CO)[C@@H](O)[C@H](O)[C@@H]5O)[C@@H]4O)[C@@H](O)[C@H](O[C@H]4O[C@H](CO[C@H]5O[C@H](CO)[C@@H](O)[C@H](O)[C@@H]5O)[C@@H](O)[C@H](O)[C@@H]4O[C@H]4O[C@H](CO)[C@@H](O)[C@H](O)[C@@H]4O[C@H]4O[C@H](CO)[C@@H](O)[C@H](O)[C@H]4O)[C@@H]3O)[C@H](O)[C@H]2NC(C)=O)[C@@H](CO)O[C@H]1O. The molecule has 744 valence electrons. The van der Waals surface area contributed by atoms with E-state index >= 15 is 0 Å². The largest absolute Gasteiger partial charge is 0.394 e.